The SMILES string of the molecule is O=C(c1ccc(-c2ccccn2)s1)N1CCOC(COc2ccc(C(F)(F)F)cn2)C1. The molecule has 10 heteroatoms. The molecular weight excluding hydrogens is 431 g/mol. The fraction of sp³-hybridized carbons (Fsp3) is 0.286. The molecule has 0 bridgehead atoms. The minimum Gasteiger partial charge on any atom is -0.475 e. The summed E-state index contributed by atoms with van der Waals surface area (Å²) in [6, 6.07) is 11.3. The highest BCUT2D eigenvalue weighted by molar-refractivity contribution is 7.17. The van der Waals surface area contributed by atoms with Crippen LogP contribution in [0.4, 0.5) is 13.2 Å². The Bertz CT molecular complexity index is 1030. The number of ether oxygens (including phenoxy) is 2. The minimum atomic E-state index is -4.45. The fourth-order valence-electron chi connectivity index (χ4n) is 3.07. The predicted octanol–water partition coefficient (Wildman–Crippen LogP) is 4.14. The van der Waals surface area contributed by atoms with Crippen LogP contribution in [0.2, 0.25) is 0 Å². The van der Waals surface area contributed by atoms with E-state index in [1.807, 2.05) is 24.3 Å². The van der Waals surface area contributed by atoms with Crippen LogP contribution in [0.25, 0.3) is 10.6 Å². The number of amides is 1. The highest BCUT2D eigenvalue weighted by Crippen LogP contribution is 2.29. The molecule has 1 aliphatic rings. The van der Waals surface area contributed by atoms with Gasteiger partial charge in [-0.1, -0.05) is 6.07 Å². The Morgan fingerprint density at radius 3 is 2.77 bits per heavy atom. The predicted molar refractivity (Wildman–Crippen MR) is 108 cm³/mol. The molecule has 31 heavy (non-hydrogen) atoms. The van der Waals surface area contributed by atoms with Crippen molar-refractivity contribution in [3.63, 3.8) is 0 Å². The number of rotatable bonds is 5. The van der Waals surface area contributed by atoms with Crippen LogP contribution in [0.15, 0.2) is 54.9 Å². The second kappa shape index (κ2) is 9.03. The van der Waals surface area contributed by atoms with E-state index in [4.69, 9.17) is 9.47 Å². The van der Waals surface area contributed by atoms with Crippen LogP contribution in [0.5, 0.6) is 5.88 Å². The van der Waals surface area contributed by atoms with Crippen molar-refractivity contribution in [2.75, 3.05) is 26.3 Å². The van der Waals surface area contributed by atoms with E-state index in [-0.39, 0.29) is 18.4 Å². The first-order valence-electron chi connectivity index (χ1n) is 9.48. The zero-order chi connectivity index (χ0) is 21.8. The average molecular weight is 449 g/mol. The first-order valence-corrected chi connectivity index (χ1v) is 10.3. The van der Waals surface area contributed by atoms with Crippen molar-refractivity contribution in [2.24, 2.45) is 0 Å². The first-order chi connectivity index (χ1) is 14.9. The lowest BCUT2D eigenvalue weighted by molar-refractivity contribution is -0.137. The normalized spacial score (nSPS) is 16.9. The van der Waals surface area contributed by atoms with Gasteiger partial charge in [-0.3, -0.25) is 9.78 Å². The summed E-state index contributed by atoms with van der Waals surface area (Å²) >= 11 is 1.37. The zero-order valence-corrected chi connectivity index (χ0v) is 17.0. The van der Waals surface area contributed by atoms with Crippen LogP contribution in [0, 0.1) is 0 Å². The van der Waals surface area contributed by atoms with E-state index in [1.165, 1.54) is 17.4 Å². The molecule has 0 N–H and O–H groups in total. The van der Waals surface area contributed by atoms with E-state index in [9.17, 15) is 18.0 Å². The van der Waals surface area contributed by atoms with Crippen LogP contribution in [-0.4, -0.2) is 53.2 Å². The van der Waals surface area contributed by atoms with E-state index in [0.29, 0.717) is 24.6 Å². The van der Waals surface area contributed by atoms with Crippen molar-refractivity contribution in [3.8, 4) is 16.5 Å². The Morgan fingerprint density at radius 2 is 2.06 bits per heavy atom. The monoisotopic (exact) mass is 449 g/mol. The Hall–Kier alpha value is -2.98. The second-order valence-corrected chi connectivity index (χ2v) is 7.90. The molecule has 0 aromatic carbocycles. The van der Waals surface area contributed by atoms with Gasteiger partial charge in [0.25, 0.3) is 5.91 Å². The average Bonchev–Trinajstić information content (AvgIpc) is 3.28. The Labute approximate surface area is 180 Å². The molecule has 1 fully saturated rings. The van der Waals surface area contributed by atoms with Crippen LogP contribution in [0.3, 0.4) is 0 Å². The van der Waals surface area contributed by atoms with Gasteiger partial charge in [0.2, 0.25) is 5.88 Å². The van der Waals surface area contributed by atoms with Gasteiger partial charge >= 0.3 is 6.18 Å². The largest absolute Gasteiger partial charge is 0.475 e. The molecule has 6 nitrogen and oxygen atoms in total. The van der Waals surface area contributed by atoms with Gasteiger partial charge in [-0.25, -0.2) is 4.98 Å². The van der Waals surface area contributed by atoms with E-state index < -0.39 is 17.8 Å². The van der Waals surface area contributed by atoms with Crippen LogP contribution >= 0.6 is 11.3 Å². The smallest absolute Gasteiger partial charge is 0.417 e. The maximum atomic E-state index is 12.9. The highest BCUT2D eigenvalue weighted by Gasteiger charge is 2.31. The lowest BCUT2D eigenvalue weighted by Crippen LogP contribution is -2.47. The van der Waals surface area contributed by atoms with Gasteiger partial charge in [-0.2, -0.15) is 13.2 Å². The molecule has 0 aliphatic carbocycles. The number of nitrogens with zero attached hydrogens (tertiary/aromatic N) is 3. The Morgan fingerprint density at radius 1 is 1.19 bits per heavy atom. The summed E-state index contributed by atoms with van der Waals surface area (Å²) in [4.78, 5) is 24.1. The highest BCUT2D eigenvalue weighted by atomic mass is 32.1. The molecule has 162 valence electrons. The number of halogens is 3. The number of aromatic nitrogens is 2. The summed E-state index contributed by atoms with van der Waals surface area (Å²) in [7, 11) is 0. The molecule has 3 aromatic heterocycles. The fourth-order valence-corrected chi connectivity index (χ4v) is 4.02. The third kappa shape index (κ3) is 5.20. The summed E-state index contributed by atoms with van der Waals surface area (Å²) in [6.45, 7) is 1.19. The quantitative estimate of drug-likeness (QED) is 0.586. The van der Waals surface area contributed by atoms with Gasteiger partial charge < -0.3 is 14.4 Å². The third-order valence-electron chi connectivity index (χ3n) is 4.64. The summed E-state index contributed by atoms with van der Waals surface area (Å²) < 4.78 is 48.9. The standard InChI is InChI=1S/C21H18F3N3O3S/c22-21(23,24)14-4-7-19(26-11-14)30-13-15-12-27(9-10-29-15)20(28)18-6-5-17(31-18)16-3-1-2-8-25-16/h1-8,11,15H,9-10,12-13H2. The van der Waals surface area contributed by atoms with Crippen LogP contribution in [0.1, 0.15) is 15.2 Å². The number of hydrogen-bond donors (Lipinski definition) is 0. The number of hydrogen-bond acceptors (Lipinski definition) is 6. The first kappa shape index (κ1) is 21.3. The van der Waals surface area contributed by atoms with Crippen LogP contribution < -0.4 is 4.74 Å². The van der Waals surface area contributed by atoms with Crippen molar-refractivity contribution >= 4 is 17.2 Å². The van der Waals surface area contributed by atoms with E-state index in [2.05, 4.69) is 9.97 Å². The molecule has 1 unspecified atom stereocenters. The Balaban J connectivity index is 1.34. The molecule has 4 heterocycles. The topological polar surface area (TPSA) is 64.6 Å². The van der Waals surface area contributed by atoms with Crippen molar-refractivity contribution < 1.29 is 27.4 Å². The number of thiophene rings is 1. The molecular formula is C21H18F3N3O3S. The second-order valence-electron chi connectivity index (χ2n) is 6.82. The number of pyridine rings is 2. The van der Waals surface area contributed by atoms with Crippen molar-refractivity contribution in [2.45, 2.75) is 12.3 Å². The van der Waals surface area contributed by atoms with Gasteiger partial charge in [0, 0.05) is 25.0 Å². The molecule has 1 saturated heterocycles. The lowest BCUT2D eigenvalue weighted by atomic mass is 10.2. The number of carbonyl (C=O) groups excluding carboxylic acids is 1. The molecule has 0 spiro atoms. The van der Waals surface area contributed by atoms with Crippen molar-refractivity contribution in [1.29, 1.82) is 0 Å². The molecule has 3 aromatic rings. The van der Waals surface area contributed by atoms with Crippen molar-refractivity contribution in [3.05, 3.63) is 65.3 Å². The summed E-state index contributed by atoms with van der Waals surface area (Å²) in [5.41, 5.74) is -0.0320. The molecule has 1 amide bonds. The van der Waals surface area contributed by atoms with Crippen LogP contribution in [-0.2, 0) is 10.9 Å². The molecule has 0 saturated carbocycles. The van der Waals surface area contributed by atoms with Gasteiger partial charge in [-0.15, -0.1) is 11.3 Å². The molecule has 1 atom stereocenters. The van der Waals surface area contributed by atoms with Gasteiger partial charge in [0.15, 0.2) is 0 Å². The van der Waals surface area contributed by atoms with Gasteiger partial charge in [0.1, 0.15) is 12.7 Å². The molecule has 1 aliphatic heterocycles. The summed E-state index contributed by atoms with van der Waals surface area (Å²) in [5, 5.41) is 0. The summed E-state index contributed by atoms with van der Waals surface area (Å²) in [5.74, 6) is -0.0357. The van der Waals surface area contributed by atoms with Gasteiger partial charge in [-0.05, 0) is 30.3 Å². The minimum absolute atomic E-state index is 0.0679. The van der Waals surface area contributed by atoms with Crippen molar-refractivity contribution in [1.82, 2.24) is 14.9 Å². The summed E-state index contributed by atoms with van der Waals surface area (Å²) in [6.07, 6.45) is -2.42. The third-order valence-corrected chi connectivity index (χ3v) is 5.74. The Kier molecular flexibility index (Phi) is 6.19. The van der Waals surface area contributed by atoms with E-state index in [0.717, 1.165) is 22.8 Å². The maximum absolute atomic E-state index is 12.9. The van der Waals surface area contributed by atoms with E-state index >= 15 is 0 Å². The lowest BCUT2D eigenvalue weighted by Gasteiger charge is -2.32. The number of carbonyl (C=O) groups is 1. The number of alkyl halides is 3. The zero-order valence-electron chi connectivity index (χ0n) is 16.2. The maximum Gasteiger partial charge on any atom is 0.417 e. The molecule has 0 radical (unpaired) electrons. The number of morpholine rings is 1. The molecule has 4 rings (SSSR count). The van der Waals surface area contributed by atoms with Gasteiger partial charge in [0.05, 0.1) is 34.2 Å². The van der Waals surface area contributed by atoms with E-state index in [1.54, 1.807) is 17.2 Å².